The minimum absolute atomic E-state index is 0.0312. The summed E-state index contributed by atoms with van der Waals surface area (Å²) < 4.78 is 5.53. The number of piperidine rings is 1. The molecule has 1 N–H and O–H groups in total. The average Bonchev–Trinajstić information content (AvgIpc) is 2.81. The number of morpholine rings is 1. The van der Waals surface area contributed by atoms with Crippen molar-refractivity contribution < 1.29 is 9.53 Å². The lowest BCUT2D eigenvalue weighted by atomic mass is 10.0. The number of amides is 1. The van der Waals surface area contributed by atoms with Crippen LogP contribution >= 0.6 is 0 Å². The summed E-state index contributed by atoms with van der Waals surface area (Å²) in [6, 6.07) is 12.3. The first-order chi connectivity index (χ1) is 14.3. The molecule has 29 heavy (non-hydrogen) atoms. The minimum atomic E-state index is 0.0312. The molecule has 0 spiro atoms. The molecule has 0 aliphatic carbocycles. The van der Waals surface area contributed by atoms with E-state index in [0.717, 1.165) is 64.5 Å². The van der Waals surface area contributed by atoms with Crippen molar-refractivity contribution in [1.82, 2.24) is 25.1 Å². The Morgan fingerprint density at radius 1 is 1.03 bits per heavy atom. The van der Waals surface area contributed by atoms with Crippen LogP contribution in [0, 0.1) is 0 Å². The highest BCUT2D eigenvalue weighted by atomic mass is 16.5. The smallest absolute Gasteiger partial charge is 0.272 e. The van der Waals surface area contributed by atoms with Crippen LogP contribution in [0.25, 0.3) is 0 Å². The van der Waals surface area contributed by atoms with Crippen LogP contribution in [0.2, 0.25) is 0 Å². The Balaban J connectivity index is 1.31. The number of ether oxygens (including phenoxy) is 1. The van der Waals surface area contributed by atoms with E-state index in [4.69, 9.17) is 4.74 Å². The van der Waals surface area contributed by atoms with Crippen LogP contribution in [0.5, 0.6) is 0 Å². The molecule has 1 amide bonds. The summed E-state index contributed by atoms with van der Waals surface area (Å²) in [5, 5.41) is 3.74. The molecule has 2 aliphatic rings. The van der Waals surface area contributed by atoms with Gasteiger partial charge in [-0.05, 0) is 37.1 Å². The van der Waals surface area contributed by atoms with Gasteiger partial charge in [0, 0.05) is 51.2 Å². The molecule has 7 heteroatoms. The van der Waals surface area contributed by atoms with Crippen molar-refractivity contribution in [1.29, 1.82) is 0 Å². The number of pyridine rings is 2. The highest BCUT2D eigenvalue weighted by Crippen LogP contribution is 2.21. The lowest BCUT2D eigenvalue weighted by molar-refractivity contribution is 0.0143. The van der Waals surface area contributed by atoms with Gasteiger partial charge in [0.2, 0.25) is 0 Å². The first-order valence-corrected chi connectivity index (χ1v) is 10.5. The van der Waals surface area contributed by atoms with Gasteiger partial charge in [0.1, 0.15) is 5.69 Å². The van der Waals surface area contributed by atoms with Crippen molar-refractivity contribution in [3.8, 4) is 0 Å². The molecule has 4 rings (SSSR count). The predicted molar refractivity (Wildman–Crippen MR) is 111 cm³/mol. The Bertz CT molecular complexity index is 759. The number of carbonyl (C=O) groups is 1. The zero-order chi connectivity index (χ0) is 19.9. The average molecular weight is 396 g/mol. The van der Waals surface area contributed by atoms with Crippen molar-refractivity contribution in [2.24, 2.45) is 0 Å². The zero-order valence-electron chi connectivity index (χ0n) is 16.7. The van der Waals surface area contributed by atoms with E-state index in [9.17, 15) is 4.79 Å². The van der Waals surface area contributed by atoms with Gasteiger partial charge in [0.25, 0.3) is 5.91 Å². The van der Waals surface area contributed by atoms with Gasteiger partial charge in [-0.25, -0.2) is 0 Å². The SMILES string of the molecule is O=C(c1ccccn1)N1CCC(NCC(c2ccccn2)N2CCOCC2)CC1. The van der Waals surface area contributed by atoms with Gasteiger partial charge >= 0.3 is 0 Å². The van der Waals surface area contributed by atoms with E-state index in [1.54, 1.807) is 12.3 Å². The number of nitrogens with one attached hydrogen (secondary N) is 1. The van der Waals surface area contributed by atoms with Crippen molar-refractivity contribution in [3.63, 3.8) is 0 Å². The first-order valence-electron chi connectivity index (χ1n) is 10.5. The quantitative estimate of drug-likeness (QED) is 0.804. The molecule has 7 nitrogen and oxygen atoms in total. The predicted octanol–water partition coefficient (Wildman–Crippen LogP) is 1.74. The Morgan fingerprint density at radius 2 is 1.76 bits per heavy atom. The molecule has 2 aromatic heterocycles. The van der Waals surface area contributed by atoms with Crippen molar-refractivity contribution in [3.05, 3.63) is 60.2 Å². The highest BCUT2D eigenvalue weighted by molar-refractivity contribution is 5.92. The minimum Gasteiger partial charge on any atom is -0.379 e. The number of hydrogen-bond acceptors (Lipinski definition) is 6. The van der Waals surface area contributed by atoms with Gasteiger partial charge < -0.3 is 15.0 Å². The highest BCUT2D eigenvalue weighted by Gasteiger charge is 2.27. The van der Waals surface area contributed by atoms with Crippen LogP contribution in [0.4, 0.5) is 0 Å². The molecule has 2 aromatic rings. The van der Waals surface area contributed by atoms with Gasteiger partial charge in [0.05, 0.1) is 24.9 Å². The second-order valence-corrected chi connectivity index (χ2v) is 7.61. The van der Waals surface area contributed by atoms with Crippen molar-refractivity contribution in [2.75, 3.05) is 45.9 Å². The molecule has 0 saturated carbocycles. The maximum atomic E-state index is 12.6. The van der Waals surface area contributed by atoms with Gasteiger partial charge in [-0.15, -0.1) is 0 Å². The Kier molecular flexibility index (Phi) is 6.82. The van der Waals surface area contributed by atoms with E-state index in [1.165, 1.54) is 0 Å². The second kappa shape index (κ2) is 9.91. The summed E-state index contributed by atoms with van der Waals surface area (Å²) >= 11 is 0. The first kappa shape index (κ1) is 19.9. The molecule has 154 valence electrons. The van der Waals surface area contributed by atoms with Crippen LogP contribution in [-0.2, 0) is 4.74 Å². The molecule has 0 aromatic carbocycles. The Morgan fingerprint density at radius 3 is 2.41 bits per heavy atom. The number of hydrogen-bond donors (Lipinski definition) is 1. The summed E-state index contributed by atoms with van der Waals surface area (Å²) in [4.78, 5) is 25.7. The monoisotopic (exact) mass is 395 g/mol. The fraction of sp³-hybridized carbons (Fsp3) is 0.500. The molecule has 0 radical (unpaired) electrons. The van der Waals surface area contributed by atoms with E-state index in [1.807, 2.05) is 29.3 Å². The van der Waals surface area contributed by atoms with E-state index >= 15 is 0 Å². The molecular formula is C22H29N5O2. The summed E-state index contributed by atoms with van der Waals surface area (Å²) in [7, 11) is 0. The molecule has 0 bridgehead atoms. The molecule has 2 saturated heterocycles. The maximum absolute atomic E-state index is 12.6. The van der Waals surface area contributed by atoms with Gasteiger partial charge in [0.15, 0.2) is 0 Å². The van der Waals surface area contributed by atoms with Crippen LogP contribution in [0.3, 0.4) is 0 Å². The molecule has 2 fully saturated rings. The fourth-order valence-electron chi connectivity index (χ4n) is 4.10. The lowest BCUT2D eigenvalue weighted by Crippen LogP contribution is -2.48. The summed E-state index contributed by atoms with van der Waals surface area (Å²) in [5.74, 6) is 0.0312. The molecule has 2 aliphatic heterocycles. The van der Waals surface area contributed by atoms with Crippen LogP contribution in [0.15, 0.2) is 48.8 Å². The molecule has 1 atom stereocenters. The number of carbonyl (C=O) groups excluding carboxylic acids is 1. The Labute approximate surface area is 172 Å². The number of rotatable bonds is 6. The molecule has 4 heterocycles. The molecule has 1 unspecified atom stereocenters. The lowest BCUT2D eigenvalue weighted by Gasteiger charge is -2.37. The van der Waals surface area contributed by atoms with Gasteiger partial charge in [-0.2, -0.15) is 0 Å². The molecular weight excluding hydrogens is 366 g/mol. The Hall–Kier alpha value is -2.35. The van der Waals surface area contributed by atoms with Gasteiger partial charge in [-0.1, -0.05) is 12.1 Å². The van der Waals surface area contributed by atoms with Crippen molar-refractivity contribution in [2.45, 2.75) is 24.9 Å². The van der Waals surface area contributed by atoms with Crippen molar-refractivity contribution >= 4 is 5.91 Å². The third-order valence-electron chi connectivity index (χ3n) is 5.78. The van der Waals surface area contributed by atoms with E-state index in [0.29, 0.717) is 11.7 Å². The maximum Gasteiger partial charge on any atom is 0.272 e. The zero-order valence-corrected chi connectivity index (χ0v) is 16.7. The van der Waals surface area contributed by atoms with Crippen LogP contribution < -0.4 is 5.32 Å². The third-order valence-corrected chi connectivity index (χ3v) is 5.78. The number of likely N-dealkylation sites (tertiary alicyclic amines) is 1. The fourth-order valence-corrected chi connectivity index (χ4v) is 4.10. The number of nitrogens with zero attached hydrogens (tertiary/aromatic N) is 4. The summed E-state index contributed by atoms with van der Waals surface area (Å²) in [5.41, 5.74) is 1.63. The summed E-state index contributed by atoms with van der Waals surface area (Å²) in [6.45, 7) is 5.79. The standard InChI is InChI=1S/C22H29N5O2/c28-22(20-6-2-4-10-24-20)27-11-7-18(8-12-27)25-17-21(19-5-1-3-9-23-19)26-13-15-29-16-14-26/h1-6,9-10,18,21,25H,7-8,11-17H2. The van der Waals surface area contributed by atoms with Gasteiger partial charge in [-0.3, -0.25) is 19.7 Å². The van der Waals surface area contributed by atoms with E-state index in [2.05, 4.69) is 32.3 Å². The third kappa shape index (κ3) is 5.18. The second-order valence-electron chi connectivity index (χ2n) is 7.61. The largest absolute Gasteiger partial charge is 0.379 e. The topological polar surface area (TPSA) is 70.6 Å². The van der Waals surface area contributed by atoms with Crippen LogP contribution in [-0.4, -0.2) is 77.7 Å². The van der Waals surface area contributed by atoms with Crippen LogP contribution in [0.1, 0.15) is 35.1 Å². The number of aromatic nitrogens is 2. The van der Waals surface area contributed by atoms with E-state index in [-0.39, 0.29) is 11.9 Å². The normalized spacial score (nSPS) is 19.8. The summed E-state index contributed by atoms with van der Waals surface area (Å²) in [6.07, 6.45) is 5.45. The van der Waals surface area contributed by atoms with E-state index < -0.39 is 0 Å².